The summed E-state index contributed by atoms with van der Waals surface area (Å²) in [5.74, 6) is -0.927. The first-order valence-corrected chi connectivity index (χ1v) is 20.3. The van der Waals surface area contributed by atoms with Gasteiger partial charge in [-0.2, -0.15) is 0 Å². The van der Waals surface area contributed by atoms with Gasteiger partial charge in [0.2, 0.25) is 5.79 Å². The highest BCUT2D eigenvalue weighted by Crippen LogP contribution is 2.57. The summed E-state index contributed by atoms with van der Waals surface area (Å²) in [5.41, 5.74) is 4.70. The Morgan fingerprint density at radius 3 is 2.47 bits per heavy atom. The molecule has 51 heavy (non-hydrogen) atoms. The number of esters is 1. The number of hydrogen-bond donors (Lipinski definition) is 2. The molecule has 3 spiro atoms. The average molecular weight is 708 g/mol. The Labute approximate surface area is 306 Å². The maximum Gasteiger partial charge on any atom is 0.309 e. The van der Waals surface area contributed by atoms with Crippen LogP contribution in [0.4, 0.5) is 0 Å². The minimum atomic E-state index is -1.12. The lowest BCUT2D eigenvalue weighted by Gasteiger charge is -2.49. The van der Waals surface area contributed by atoms with Crippen LogP contribution in [0.25, 0.3) is 0 Å². The number of ether oxygens (including phenoxy) is 4. The molecule has 0 radical (unpaired) electrons. The summed E-state index contributed by atoms with van der Waals surface area (Å²) in [6.07, 6.45) is 12.2. The van der Waals surface area contributed by atoms with Gasteiger partial charge in [0, 0.05) is 55.7 Å². The van der Waals surface area contributed by atoms with Gasteiger partial charge in [0.15, 0.2) is 5.79 Å². The van der Waals surface area contributed by atoms with E-state index in [1.807, 2.05) is 13.8 Å². The van der Waals surface area contributed by atoms with E-state index in [4.69, 9.17) is 23.9 Å². The molecule has 4 bridgehead atoms. The Balaban J connectivity index is 1.27. The summed E-state index contributed by atoms with van der Waals surface area (Å²) in [5, 5.41) is 23.6. The minimum Gasteiger partial charge on any atom is -0.458 e. The number of fused-ring (bicyclic) bond motifs is 2. The molecule has 6 heterocycles. The quantitative estimate of drug-likeness (QED) is 0.209. The van der Waals surface area contributed by atoms with Crippen molar-refractivity contribution in [2.75, 3.05) is 6.54 Å². The fourth-order valence-corrected chi connectivity index (χ4v) is 11.1. The van der Waals surface area contributed by atoms with E-state index in [1.165, 1.54) is 22.4 Å². The molecule has 8 nitrogen and oxygen atoms in total. The van der Waals surface area contributed by atoms with Crippen LogP contribution < -0.4 is 0 Å². The van der Waals surface area contributed by atoms with Crippen molar-refractivity contribution in [3.63, 3.8) is 0 Å². The van der Waals surface area contributed by atoms with E-state index >= 15 is 0 Å². The molecule has 2 N–H and O–H groups in total. The Hall–Kier alpha value is -1.84. The predicted molar refractivity (Wildman–Crippen MR) is 198 cm³/mol. The third kappa shape index (κ3) is 6.77. The minimum absolute atomic E-state index is 0.0449. The van der Waals surface area contributed by atoms with Crippen LogP contribution >= 0.6 is 0 Å². The number of hydrogen-bond acceptors (Lipinski definition) is 8. The summed E-state index contributed by atoms with van der Waals surface area (Å²) in [7, 11) is 0. The van der Waals surface area contributed by atoms with Crippen molar-refractivity contribution in [3.8, 4) is 0 Å². The van der Waals surface area contributed by atoms with E-state index in [0.717, 1.165) is 69.9 Å². The molecule has 8 heteroatoms. The summed E-state index contributed by atoms with van der Waals surface area (Å²) in [6, 6.07) is 0. The number of allylic oxidation sites excluding steroid dienone is 2. The standard InChI is InChI=1S/C43H65NO7/c1-25-10-9-11-38-41(22-28(4)30(6)24-44-38)15-13-33(37-20-27(3)39(46)48-37)31(7)34(41)19-26(2)35(45)21-36-29(5)23-42(50-36)16-17-43(51-42)40(8,47)14-12-32(18-25)49-43/h19,27-30,32,34-37,45,47H,1,9-18,20-24H2,2-8H3/b26-19+/t27?,28-,29+,30-,32-,34-,35-,36+,37?,40+,41+,42+,43+/m0/s1. The van der Waals surface area contributed by atoms with Crippen molar-refractivity contribution in [1.29, 1.82) is 0 Å². The van der Waals surface area contributed by atoms with Crippen molar-refractivity contribution in [3.05, 3.63) is 34.9 Å². The Morgan fingerprint density at radius 1 is 0.941 bits per heavy atom. The van der Waals surface area contributed by atoms with Gasteiger partial charge in [-0.15, -0.1) is 0 Å². The summed E-state index contributed by atoms with van der Waals surface area (Å²) in [6.45, 7) is 20.5. The molecule has 0 saturated carbocycles. The van der Waals surface area contributed by atoms with Gasteiger partial charge in [-0.05, 0) is 107 Å². The number of cyclic esters (lactones) is 1. The third-order valence-corrected chi connectivity index (χ3v) is 14.6. The molecule has 1 aliphatic carbocycles. The molecule has 284 valence electrons. The van der Waals surface area contributed by atoms with Crippen LogP contribution in [0.5, 0.6) is 0 Å². The fourth-order valence-electron chi connectivity index (χ4n) is 11.1. The number of carbonyl (C=O) groups is 1. The number of aliphatic imine (C=N–C) groups is 1. The SMILES string of the molecule is C=C1CCCC2=NC[C@H](C)[C@@H](C)C[C@@]23CCC(C2CC(C)C(=O)O2)=C(C)[C@@H]3/C=C(\C)[C@@H](O)C[C@H]2O[C@@]3(CC[C@@]4(O[C@@H](CC[C@@]4(C)O)C1)O3)C[C@H]2C. The molecule has 0 amide bonds. The summed E-state index contributed by atoms with van der Waals surface area (Å²) < 4.78 is 26.4. The van der Waals surface area contributed by atoms with Crippen LogP contribution in [0, 0.1) is 35.0 Å². The molecule has 4 saturated heterocycles. The number of rotatable bonds is 1. The maximum absolute atomic E-state index is 12.6. The molecule has 7 aliphatic rings. The predicted octanol–water partition coefficient (Wildman–Crippen LogP) is 8.15. The first-order valence-electron chi connectivity index (χ1n) is 20.3. The van der Waals surface area contributed by atoms with Gasteiger partial charge in [0.1, 0.15) is 11.7 Å². The molecule has 0 aromatic rings. The van der Waals surface area contributed by atoms with Crippen molar-refractivity contribution in [1.82, 2.24) is 0 Å². The number of aliphatic hydroxyl groups excluding tert-OH is 1. The van der Waals surface area contributed by atoms with E-state index in [9.17, 15) is 15.0 Å². The number of carbonyl (C=O) groups excluding carboxylic acids is 1. The molecule has 13 atom stereocenters. The zero-order chi connectivity index (χ0) is 36.5. The van der Waals surface area contributed by atoms with Crippen molar-refractivity contribution < 1.29 is 34.0 Å². The second kappa shape index (κ2) is 13.8. The first-order chi connectivity index (χ1) is 24.1. The second-order valence-corrected chi connectivity index (χ2v) is 18.5. The van der Waals surface area contributed by atoms with E-state index in [0.29, 0.717) is 43.9 Å². The molecule has 4 fully saturated rings. The van der Waals surface area contributed by atoms with Crippen LogP contribution in [-0.2, 0) is 23.7 Å². The lowest BCUT2D eigenvalue weighted by atomic mass is 9.56. The molecule has 0 aromatic heterocycles. The largest absolute Gasteiger partial charge is 0.458 e. The summed E-state index contributed by atoms with van der Waals surface area (Å²) >= 11 is 0. The zero-order valence-corrected chi connectivity index (χ0v) is 32.5. The van der Waals surface area contributed by atoms with Gasteiger partial charge in [-0.3, -0.25) is 9.79 Å². The van der Waals surface area contributed by atoms with Crippen molar-refractivity contribution >= 4 is 11.7 Å². The average Bonchev–Trinajstić information content (AvgIpc) is 3.67. The zero-order valence-electron chi connectivity index (χ0n) is 32.5. The second-order valence-electron chi connectivity index (χ2n) is 18.5. The van der Waals surface area contributed by atoms with Gasteiger partial charge in [-0.25, -0.2) is 0 Å². The van der Waals surface area contributed by atoms with Crippen LogP contribution in [-0.4, -0.2) is 70.0 Å². The molecule has 2 unspecified atom stereocenters. The molecular formula is C43H65NO7. The fraction of sp³-hybridized carbons (Fsp3) is 0.814. The van der Waals surface area contributed by atoms with Crippen molar-refractivity contribution in [2.24, 2.45) is 40.0 Å². The van der Waals surface area contributed by atoms with E-state index < -0.39 is 23.3 Å². The molecule has 0 aromatic carbocycles. The van der Waals surface area contributed by atoms with Gasteiger partial charge >= 0.3 is 5.97 Å². The maximum atomic E-state index is 12.6. The van der Waals surface area contributed by atoms with E-state index in [2.05, 4.69) is 47.3 Å². The van der Waals surface area contributed by atoms with Gasteiger partial charge in [0.05, 0.1) is 24.2 Å². The molecule has 7 rings (SSSR count). The Kier molecular flexibility index (Phi) is 10.1. The van der Waals surface area contributed by atoms with Gasteiger partial charge in [-0.1, -0.05) is 51.5 Å². The highest BCUT2D eigenvalue weighted by atomic mass is 16.8. The van der Waals surface area contributed by atoms with Crippen LogP contribution in [0.15, 0.2) is 39.9 Å². The smallest absolute Gasteiger partial charge is 0.309 e. The lowest BCUT2D eigenvalue weighted by molar-refractivity contribution is -0.387. The number of aliphatic hydroxyl groups is 2. The number of nitrogens with zero attached hydrogens (tertiary/aromatic N) is 1. The Morgan fingerprint density at radius 2 is 1.73 bits per heavy atom. The topological polar surface area (TPSA) is 107 Å². The van der Waals surface area contributed by atoms with Gasteiger partial charge in [0.25, 0.3) is 0 Å². The van der Waals surface area contributed by atoms with Crippen molar-refractivity contribution in [2.45, 2.75) is 180 Å². The van der Waals surface area contributed by atoms with Crippen LogP contribution in [0.2, 0.25) is 0 Å². The van der Waals surface area contributed by atoms with Crippen LogP contribution in [0.1, 0.15) is 138 Å². The monoisotopic (exact) mass is 707 g/mol. The molecular weight excluding hydrogens is 642 g/mol. The van der Waals surface area contributed by atoms with E-state index in [1.54, 1.807) is 0 Å². The third-order valence-electron chi connectivity index (χ3n) is 14.6. The first kappa shape index (κ1) is 37.5. The summed E-state index contributed by atoms with van der Waals surface area (Å²) in [4.78, 5) is 18.1. The van der Waals surface area contributed by atoms with Crippen LogP contribution in [0.3, 0.4) is 0 Å². The van der Waals surface area contributed by atoms with E-state index in [-0.39, 0.29) is 47.4 Å². The highest BCUT2D eigenvalue weighted by Gasteiger charge is 2.64. The molecule has 6 aliphatic heterocycles. The van der Waals surface area contributed by atoms with Gasteiger partial charge < -0.3 is 29.2 Å². The normalized spacial score (nSPS) is 49.4. The lowest BCUT2D eigenvalue weighted by Crippen LogP contribution is -2.60. The Bertz CT molecular complexity index is 1480. The highest BCUT2D eigenvalue weighted by molar-refractivity contribution is 5.92.